The zero-order valence-corrected chi connectivity index (χ0v) is 14.7. The van der Waals surface area contributed by atoms with E-state index in [0.717, 1.165) is 57.1 Å². The van der Waals surface area contributed by atoms with E-state index >= 15 is 0 Å². The Hall–Kier alpha value is -2.25. The number of hydrogen-bond acceptors (Lipinski definition) is 4. The number of halogens is 1. The third-order valence-corrected chi connectivity index (χ3v) is 4.85. The molecular formula is C19H23FN4O2. The standard InChI is InChI=1S/C19H23FN4O2/c20-15-3-5-16(6-4-15)24-18(14-1-2-14)13-17(22-24)19(25)21-7-8-23-9-11-26-12-10-23/h3-6,13-14H,1-2,7-12H2,(H,21,25). The van der Waals surface area contributed by atoms with Crippen LogP contribution >= 0.6 is 0 Å². The van der Waals surface area contributed by atoms with Gasteiger partial charge in [-0.15, -0.1) is 0 Å². The molecule has 7 heteroatoms. The first-order valence-corrected chi connectivity index (χ1v) is 9.15. The summed E-state index contributed by atoms with van der Waals surface area (Å²) in [5, 5.41) is 7.43. The zero-order chi connectivity index (χ0) is 17.9. The quantitative estimate of drug-likeness (QED) is 0.858. The van der Waals surface area contributed by atoms with Crippen LogP contribution in [0.3, 0.4) is 0 Å². The second kappa shape index (κ2) is 7.55. The molecule has 1 amide bonds. The van der Waals surface area contributed by atoms with Crippen LogP contribution in [0.4, 0.5) is 4.39 Å². The predicted molar refractivity (Wildman–Crippen MR) is 95.1 cm³/mol. The number of benzene rings is 1. The molecule has 6 nitrogen and oxygen atoms in total. The summed E-state index contributed by atoms with van der Waals surface area (Å²) in [5.41, 5.74) is 2.22. The first kappa shape index (κ1) is 17.2. The summed E-state index contributed by atoms with van der Waals surface area (Å²) >= 11 is 0. The van der Waals surface area contributed by atoms with Gasteiger partial charge < -0.3 is 10.1 Å². The van der Waals surface area contributed by atoms with Crippen molar-refractivity contribution in [2.75, 3.05) is 39.4 Å². The van der Waals surface area contributed by atoms with Crippen molar-refractivity contribution in [1.82, 2.24) is 20.0 Å². The number of aromatic nitrogens is 2. The summed E-state index contributed by atoms with van der Waals surface area (Å²) in [5.74, 6) is -0.0153. The molecule has 2 fully saturated rings. The molecule has 0 bridgehead atoms. The van der Waals surface area contributed by atoms with Crippen molar-refractivity contribution in [3.63, 3.8) is 0 Å². The Kier molecular flexibility index (Phi) is 4.99. The molecule has 1 N–H and O–H groups in total. The fourth-order valence-electron chi connectivity index (χ4n) is 3.21. The van der Waals surface area contributed by atoms with Crippen molar-refractivity contribution in [3.8, 4) is 5.69 Å². The molecule has 1 saturated carbocycles. The van der Waals surface area contributed by atoms with E-state index in [1.807, 2.05) is 6.07 Å². The Morgan fingerprint density at radius 3 is 2.65 bits per heavy atom. The van der Waals surface area contributed by atoms with Crippen molar-refractivity contribution in [2.24, 2.45) is 0 Å². The van der Waals surface area contributed by atoms with Crippen LogP contribution in [-0.4, -0.2) is 60.0 Å². The highest BCUT2D eigenvalue weighted by atomic mass is 19.1. The first-order valence-electron chi connectivity index (χ1n) is 9.15. The number of nitrogens with one attached hydrogen (secondary N) is 1. The molecule has 26 heavy (non-hydrogen) atoms. The molecule has 1 aliphatic carbocycles. The van der Waals surface area contributed by atoms with Gasteiger partial charge in [-0.25, -0.2) is 9.07 Å². The van der Waals surface area contributed by atoms with Crippen molar-refractivity contribution < 1.29 is 13.9 Å². The van der Waals surface area contributed by atoms with Crippen LogP contribution in [0.5, 0.6) is 0 Å². The minimum atomic E-state index is -0.282. The Balaban J connectivity index is 1.43. The third kappa shape index (κ3) is 3.94. The number of amides is 1. The topological polar surface area (TPSA) is 59.4 Å². The van der Waals surface area contributed by atoms with Gasteiger partial charge in [-0.1, -0.05) is 0 Å². The molecule has 1 aromatic heterocycles. The van der Waals surface area contributed by atoms with Gasteiger partial charge in [0.05, 0.1) is 18.9 Å². The molecule has 0 radical (unpaired) electrons. The molecule has 2 heterocycles. The van der Waals surface area contributed by atoms with E-state index in [-0.39, 0.29) is 11.7 Å². The molecule has 0 atom stereocenters. The summed E-state index contributed by atoms with van der Waals surface area (Å²) in [6.45, 7) is 4.70. The normalized spacial score (nSPS) is 18.0. The summed E-state index contributed by atoms with van der Waals surface area (Å²) in [6.07, 6.45) is 2.20. The number of ether oxygens (including phenoxy) is 1. The fraction of sp³-hybridized carbons (Fsp3) is 0.474. The molecule has 2 aliphatic rings. The molecule has 138 valence electrons. The lowest BCUT2D eigenvalue weighted by molar-refractivity contribution is 0.0383. The number of nitrogens with zero attached hydrogens (tertiary/aromatic N) is 3. The maximum absolute atomic E-state index is 13.2. The summed E-state index contributed by atoms with van der Waals surface area (Å²) in [4.78, 5) is 14.8. The molecule has 0 spiro atoms. The molecule has 1 saturated heterocycles. The van der Waals surface area contributed by atoms with E-state index in [1.165, 1.54) is 12.1 Å². The van der Waals surface area contributed by atoms with Crippen LogP contribution in [0.2, 0.25) is 0 Å². The van der Waals surface area contributed by atoms with E-state index in [2.05, 4.69) is 15.3 Å². The minimum absolute atomic E-state index is 0.166. The van der Waals surface area contributed by atoms with Gasteiger partial charge in [-0.2, -0.15) is 5.10 Å². The molecule has 1 aliphatic heterocycles. The number of carbonyl (C=O) groups is 1. The largest absolute Gasteiger partial charge is 0.379 e. The van der Waals surface area contributed by atoms with Crippen molar-refractivity contribution in [3.05, 3.63) is 47.5 Å². The predicted octanol–water partition coefficient (Wildman–Crippen LogP) is 1.95. The zero-order valence-electron chi connectivity index (χ0n) is 14.7. The van der Waals surface area contributed by atoms with E-state index in [9.17, 15) is 9.18 Å². The van der Waals surface area contributed by atoms with E-state index in [0.29, 0.717) is 18.2 Å². The van der Waals surface area contributed by atoms with Gasteiger partial charge in [-0.3, -0.25) is 9.69 Å². The summed E-state index contributed by atoms with van der Waals surface area (Å²) in [6, 6.07) is 8.07. The Morgan fingerprint density at radius 1 is 1.23 bits per heavy atom. The first-order chi connectivity index (χ1) is 12.7. The van der Waals surface area contributed by atoms with Gasteiger partial charge in [0.15, 0.2) is 5.69 Å². The average molecular weight is 358 g/mol. The smallest absolute Gasteiger partial charge is 0.271 e. The van der Waals surface area contributed by atoms with Crippen LogP contribution in [0.15, 0.2) is 30.3 Å². The SMILES string of the molecule is O=C(NCCN1CCOCC1)c1cc(C2CC2)n(-c2ccc(F)cc2)n1. The van der Waals surface area contributed by atoms with Gasteiger partial charge in [0.25, 0.3) is 5.91 Å². The molecule has 0 unspecified atom stereocenters. The molecule has 4 rings (SSSR count). The van der Waals surface area contributed by atoms with Gasteiger partial charge >= 0.3 is 0 Å². The lowest BCUT2D eigenvalue weighted by atomic mass is 10.2. The van der Waals surface area contributed by atoms with Crippen molar-refractivity contribution in [2.45, 2.75) is 18.8 Å². The van der Waals surface area contributed by atoms with Gasteiger partial charge in [0.2, 0.25) is 0 Å². The lowest BCUT2D eigenvalue weighted by Gasteiger charge is -2.26. The third-order valence-electron chi connectivity index (χ3n) is 4.85. The van der Waals surface area contributed by atoms with Crippen molar-refractivity contribution in [1.29, 1.82) is 0 Å². The Labute approximate surface area is 151 Å². The summed E-state index contributed by atoms with van der Waals surface area (Å²) in [7, 11) is 0. The maximum atomic E-state index is 13.2. The van der Waals surface area contributed by atoms with E-state index < -0.39 is 0 Å². The fourth-order valence-corrected chi connectivity index (χ4v) is 3.21. The van der Waals surface area contributed by atoms with Crippen LogP contribution in [-0.2, 0) is 4.74 Å². The number of carbonyl (C=O) groups excluding carboxylic acids is 1. The molecule has 1 aromatic carbocycles. The van der Waals surface area contributed by atoms with Gasteiger partial charge in [-0.05, 0) is 43.2 Å². The monoisotopic (exact) mass is 358 g/mol. The van der Waals surface area contributed by atoms with Gasteiger partial charge in [0, 0.05) is 37.8 Å². The minimum Gasteiger partial charge on any atom is -0.379 e. The second-order valence-electron chi connectivity index (χ2n) is 6.83. The number of rotatable bonds is 6. The highest BCUT2D eigenvalue weighted by Crippen LogP contribution is 2.41. The van der Waals surface area contributed by atoms with E-state index in [1.54, 1.807) is 16.8 Å². The highest BCUT2D eigenvalue weighted by molar-refractivity contribution is 5.92. The maximum Gasteiger partial charge on any atom is 0.271 e. The van der Waals surface area contributed by atoms with Crippen LogP contribution < -0.4 is 5.32 Å². The van der Waals surface area contributed by atoms with Crippen molar-refractivity contribution >= 4 is 5.91 Å². The Morgan fingerprint density at radius 2 is 1.96 bits per heavy atom. The molecular weight excluding hydrogens is 335 g/mol. The van der Waals surface area contributed by atoms with Crippen LogP contribution in [0, 0.1) is 5.82 Å². The highest BCUT2D eigenvalue weighted by Gasteiger charge is 2.29. The van der Waals surface area contributed by atoms with Crippen LogP contribution in [0.1, 0.15) is 34.9 Å². The van der Waals surface area contributed by atoms with Gasteiger partial charge in [0.1, 0.15) is 5.82 Å². The summed E-state index contributed by atoms with van der Waals surface area (Å²) < 4.78 is 20.3. The number of morpholine rings is 1. The van der Waals surface area contributed by atoms with Crippen LogP contribution in [0.25, 0.3) is 5.69 Å². The average Bonchev–Trinajstić information content (AvgIpc) is 3.41. The number of hydrogen-bond donors (Lipinski definition) is 1. The second-order valence-corrected chi connectivity index (χ2v) is 6.83. The van der Waals surface area contributed by atoms with E-state index in [4.69, 9.17) is 4.74 Å². The lowest BCUT2D eigenvalue weighted by Crippen LogP contribution is -2.41. The molecule has 2 aromatic rings. The Bertz CT molecular complexity index is 764.